The molecule has 0 spiro atoms. The fourth-order valence-corrected chi connectivity index (χ4v) is 2.46. The summed E-state index contributed by atoms with van der Waals surface area (Å²) in [7, 11) is 0. The van der Waals surface area contributed by atoms with E-state index in [9.17, 15) is 4.79 Å². The fraction of sp³-hybridized carbons (Fsp3) is 0.250. The number of aromatic nitrogens is 1. The third kappa shape index (κ3) is 4.19. The van der Waals surface area contributed by atoms with E-state index >= 15 is 0 Å². The third-order valence-corrected chi connectivity index (χ3v) is 3.74. The molecule has 0 aliphatic rings. The summed E-state index contributed by atoms with van der Waals surface area (Å²) >= 11 is 11.8. The van der Waals surface area contributed by atoms with Crippen molar-refractivity contribution in [3.8, 4) is 0 Å². The van der Waals surface area contributed by atoms with Gasteiger partial charge in [0.25, 0.3) is 5.91 Å². The van der Waals surface area contributed by atoms with Crippen LogP contribution >= 0.6 is 23.2 Å². The summed E-state index contributed by atoms with van der Waals surface area (Å²) in [5.74, 6) is -0.245. The van der Waals surface area contributed by atoms with E-state index in [0.29, 0.717) is 10.6 Å². The molecule has 0 aliphatic carbocycles. The van der Waals surface area contributed by atoms with Gasteiger partial charge in [-0.25, -0.2) is 4.98 Å². The molecule has 1 aromatic carbocycles. The van der Waals surface area contributed by atoms with Crippen molar-refractivity contribution in [1.29, 1.82) is 0 Å². The van der Waals surface area contributed by atoms with Gasteiger partial charge in [-0.2, -0.15) is 0 Å². The van der Waals surface area contributed by atoms with Crippen LogP contribution in [-0.2, 0) is 6.42 Å². The molecule has 0 aliphatic heterocycles. The predicted octanol–water partition coefficient (Wildman–Crippen LogP) is 4.06. The van der Waals surface area contributed by atoms with Crippen LogP contribution < -0.4 is 5.32 Å². The number of hydrogen-bond donors (Lipinski definition) is 1. The lowest BCUT2D eigenvalue weighted by atomic mass is 10.0. The lowest BCUT2D eigenvalue weighted by molar-refractivity contribution is 0.0940. The Morgan fingerprint density at radius 2 is 2.05 bits per heavy atom. The normalized spacial score (nSPS) is 12.0. The van der Waals surface area contributed by atoms with Gasteiger partial charge in [-0.15, -0.1) is 0 Å². The number of carbonyl (C=O) groups excluding carboxylic acids is 1. The first-order valence-electron chi connectivity index (χ1n) is 6.64. The van der Waals surface area contributed by atoms with E-state index in [2.05, 4.69) is 29.4 Å². The average molecular weight is 323 g/mol. The molecule has 1 unspecified atom stereocenters. The first-order valence-corrected chi connectivity index (χ1v) is 7.39. The number of amides is 1. The molecule has 0 saturated carbocycles. The Kier molecular flexibility index (Phi) is 5.21. The Hall–Kier alpha value is -1.58. The molecule has 3 nitrogen and oxygen atoms in total. The van der Waals surface area contributed by atoms with Crippen molar-refractivity contribution in [2.45, 2.75) is 26.3 Å². The van der Waals surface area contributed by atoms with Gasteiger partial charge in [0.05, 0.1) is 10.6 Å². The molecule has 5 heteroatoms. The average Bonchev–Trinajstić information content (AvgIpc) is 2.44. The number of pyridine rings is 1. The van der Waals surface area contributed by atoms with Gasteiger partial charge in [0.15, 0.2) is 0 Å². The van der Waals surface area contributed by atoms with Crippen LogP contribution in [0.15, 0.2) is 36.5 Å². The highest BCUT2D eigenvalue weighted by molar-refractivity contribution is 6.35. The van der Waals surface area contributed by atoms with Gasteiger partial charge in [-0.3, -0.25) is 4.79 Å². The minimum atomic E-state index is -0.245. The first kappa shape index (κ1) is 15.8. The molecule has 0 radical (unpaired) electrons. The van der Waals surface area contributed by atoms with Crippen LogP contribution in [-0.4, -0.2) is 16.9 Å². The van der Waals surface area contributed by atoms with Crippen LogP contribution in [0.4, 0.5) is 0 Å². The van der Waals surface area contributed by atoms with Crippen molar-refractivity contribution >= 4 is 29.1 Å². The fourth-order valence-electron chi connectivity index (χ4n) is 2.11. The summed E-state index contributed by atoms with van der Waals surface area (Å²) in [6.07, 6.45) is 2.14. The van der Waals surface area contributed by atoms with Crippen LogP contribution in [0.25, 0.3) is 0 Å². The number of rotatable bonds is 4. The topological polar surface area (TPSA) is 42.0 Å². The maximum atomic E-state index is 12.2. The lowest BCUT2D eigenvalue weighted by Gasteiger charge is -2.16. The summed E-state index contributed by atoms with van der Waals surface area (Å²) in [5.41, 5.74) is 2.76. The number of hydrogen-bond acceptors (Lipinski definition) is 2. The number of aryl methyl sites for hydroxylation is 1. The SMILES string of the molecule is Cc1ccccc1CC(C)NC(=O)c1cc(Cl)ncc1Cl. The summed E-state index contributed by atoms with van der Waals surface area (Å²) in [6.45, 7) is 4.02. The van der Waals surface area contributed by atoms with E-state index in [1.807, 2.05) is 19.1 Å². The zero-order valence-electron chi connectivity index (χ0n) is 11.9. The molecule has 2 rings (SSSR count). The quantitative estimate of drug-likeness (QED) is 0.862. The summed E-state index contributed by atoms with van der Waals surface area (Å²) in [5, 5.41) is 3.47. The van der Waals surface area contributed by atoms with Crippen LogP contribution in [0.5, 0.6) is 0 Å². The van der Waals surface area contributed by atoms with E-state index in [4.69, 9.17) is 23.2 Å². The monoisotopic (exact) mass is 322 g/mol. The zero-order valence-corrected chi connectivity index (χ0v) is 13.4. The standard InChI is InChI=1S/C16H16Cl2N2O/c1-10-5-3-4-6-12(10)7-11(2)20-16(21)13-8-15(18)19-9-14(13)17/h3-6,8-9,11H,7H2,1-2H3,(H,20,21). The molecule has 0 fully saturated rings. The Labute approximate surface area is 134 Å². The molecule has 1 amide bonds. The number of nitrogens with one attached hydrogen (secondary N) is 1. The molecule has 1 aromatic heterocycles. The van der Waals surface area contributed by atoms with Crippen molar-refractivity contribution in [1.82, 2.24) is 10.3 Å². The van der Waals surface area contributed by atoms with E-state index in [1.165, 1.54) is 23.4 Å². The lowest BCUT2D eigenvalue weighted by Crippen LogP contribution is -2.34. The van der Waals surface area contributed by atoms with Crippen LogP contribution in [0.3, 0.4) is 0 Å². The van der Waals surface area contributed by atoms with E-state index in [0.717, 1.165) is 6.42 Å². The van der Waals surface area contributed by atoms with E-state index in [-0.39, 0.29) is 17.1 Å². The van der Waals surface area contributed by atoms with Gasteiger partial charge in [-0.05, 0) is 37.5 Å². The second kappa shape index (κ2) is 6.92. The molecule has 2 aromatic rings. The minimum absolute atomic E-state index is 0.0124. The first-order chi connectivity index (χ1) is 9.97. The second-order valence-corrected chi connectivity index (χ2v) is 5.79. The van der Waals surface area contributed by atoms with Crippen LogP contribution in [0.1, 0.15) is 28.4 Å². The molecular weight excluding hydrogens is 307 g/mol. The number of carbonyl (C=O) groups is 1. The van der Waals surface area contributed by atoms with E-state index < -0.39 is 0 Å². The highest BCUT2D eigenvalue weighted by Gasteiger charge is 2.15. The van der Waals surface area contributed by atoms with E-state index in [1.54, 1.807) is 0 Å². The smallest absolute Gasteiger partial charge is 0.253 e. The molecule has 0 bridgehead atoms. The highest BCUT2D eigenvalue weighted by atomic mass is 35.5. The summed E-state index contributed by atoms with van der Waals surface area (Å²) in [4.78, 5) is 16.1. The van der Waals surface area contributed by atoms with Gasteiger partial charge >= 0.3 is 0 Å². The third-order valence-electron chi connectivity index (χ3n) is 3.23. The Morgan fingerprint density at radius 3 is 2.76 bits per heavy atom. The molecule has 110 valence electrons. The highest BCUT2D eigenvalue weighted by Crippen LogP contribution is 2.18. The largest absolute Gasteiger partial charge is 0.349 e. The summed E-state index contributed by atoms with van der Waals surface area (Å²) in [6, 6.07) is 9.58. The van der Waals surface area contributed by atoms with Crippen molar-refractivity contribution in [3.63, 3.8) is 0 Å². The molecule has 0 saturated heterocycles. The Bertz CT molecular complexity index is 658. The van der Waals surface area contributed by atoms with Crippen LogP contribution in [0.2, 0.25) is 10.2 Å². The van der Waals surface area contributed by atoms with Gasteiger partial charge in [0.2, 0.25) is 0 Å². The maximum Gasteiger partial charge on any atom is 0.253 e. The number of halogens is 2. The van der Waals surface area contributed by atoms with Crippen molar-refractivity contribution in [2.24, 2.45) is 0 Å². The molecule has 21 heavy (non-hydrogen) atoms. The van der Waals surface area contributed by atoms with Gasteiger partial charge in [-0.1, -0.05) is 47.5 Å². The second-order valence-electron chi connectivity index (χ2n) is 4.99. The van der Waals surface area contributed by atoms with Crippen molar-refractivity contribution < 1.29 is 4.79 Å². The Balaban J connectivity index is 2.06. The zero-order chi connectivity index (χ0) is 15.4. The summed E-state index contributed by atoms with van der Waals surface area (Å²) < 4.78 is 0. The van der Waals surface area contributed by atoms with Gasteiger partial charge < -0.3 is 5.32 Å². The predicted molar refractivity (Wildman–Crippen MR) is 86.1 cm³/mol. The van der Waals surface area contributed by atoms with Crippen molar-refractivity contribution in [2.75, 3.05) is 0 Å². The Morgan fingerprint density at radius 1 is 1.33 bits per heavy atom. The number of nitrogens with zero attached hydrogens (tertiary/aromatic N) is 1. The molecular formula is C16H16Cl2N2O. The minimum Gasteiger partial charge on any atom is -0.349 e. The molecule has 1 heterocycles. The maximum absolute atomic E-state index is 12.2. The van der Waals surface area contributed by atoms with Gasteiger partial charge in [0, 0.05) is 12.2 Å². The number of benzene rings is 1. The van der Waals surface area contributed by atoms with Crippen LogP contribution in [0, 0.1) is 6.92 Å². The van der Waals surface area contributed by atoms with Gasteiger partial charge in [0.1, 0.15) is 5.15 Å². The molecule has 1 N–H and O–H groups in total. The molecule has 1 atom stereocenters. The van der Waals surface area contributed by atoms with Crippen molar-refractivity contribution in [3.05, 3.63) is 63.4 Å².